The third-order valence-electron chi connectivity index (χ3n) is 4.74. The van der Waals surface area contributed by atoms with Crippen molar-refractivity contribution in [1.82, 2.24) is 4.98 Å². The highest BCUT2D eigenvalue weighted by Crippen LogP contribution is 2.37. The standard InChI is InChI=1S/C18H22BNO4/c1-6-22-16(21)15-11-13(12-9-7-8-10-14(12)20-15)19-23-17(2,3)18(4,5)24-19/h7-11H,6H2,1-5H3. The van der Waals surface area contributed by atoms with Gasteiger partial charge in [0.05, 0.1) is 23.3 Å². The molecule has 5 nitrogen and oxygen atoms in total. The molecule has 1 saturated heterocycles. The summed E-state index contributed by atoms with van der Waals surface area (Å²) in [4.78, 5) is 16.6. The Labute approximate surface area is 142 Å². The minimum absolute atomic E-state index is 0.264. The predicted octanol–water partition coefficient (Wildman–Crippen LogP) is 2.71. The molecule has 0 unspecified atom stereocenters. The van der Waals surface area contributed by atoms with Gasteiger partial charge in [-0.3, -0.25) is 0 Å². The molecule has 0 bridgehead atoms. The Morgan fingerprint density at radius 3 is 2.42 bits per heavy atom. The highest BCUT2D eigenvalue weighted by atomic mass is 16.7. The number of hydrogen-bond acceptors (Lipinski definition) is 5. The number of para-hydroxylation sites is 1. The number of rotatable bonds is 3. The fourth-order valence-electron chi connectivity index (χ4n) is 2.68. The van der Waals surface area contributed by atoms with Gasteiger partial charge >= 0.3 is 13.1 Å². The summed E-state index contributed by atoms with van der Waals surface area (Å²) in [5.74, 6) is -0.443. The van der Waals surface area contributed by atoms with Gasteiger partial charge in [-0.25, -0.2) is 9.78 Å². The van der Waals surface area contributed by atoms with E-state index in [1.54, 1.807) is 13.0 Å². The molecule has 126 valence electrons. The van der Waals surface area contributed by atoms with Crippen LogP contribution in [0.4, 0.5) is 0 Å². The van der Waals surface area contributed by atoms with Crippen LogP contribution >= 0.6 is 0 Å². The first-order chi connectivity index (χ1) is 11.2. The quantitative estimate of drug-likeness (QED) is 0.641. The molecule has 1 fully saturated rings. The highest BCUT2D eigenvalue weighted by Gasteiger charge is 2.52. The number of ether oxygens (including phenoxy) is 1. The molecule has 0 atom stereocenters. The van der Waals surface area contributed by atoms with Crippen molar-refractivity contribution >= 4 is 29.5 Å². The van der Waals surface area contributed by atoms with E-state index in [0.717, 1.165) is 10.8 Å². The predicted molar refractivity (Wildman–Crippen MR) is 93.4 cm³/mol. The van der Waals surface area contributed by atoms with E-state index in [-0.39, 0.29) is 5.69 Å². The number of hydrogen-bond donors (Lipinski definition) is 0. The van der Waals surface area contributed by atoms with E-state index in [1.165, 1.54) is 0 Å². The molecule has 0 aliphatic carbocycles. The summed E-state index contributed by atoms with van der Waals surface area (Å²) in [7, 11) is -0.559. The number of carbonyl (C=O) groups is 1. The normalized spacial score (nSPS) is 18.8. The molecule has 6 heteroatoms. The molecule has 0 radical (unpaired) electrons. The molecule has 1 aromatic heterocycles. The number of esters is 1. The number of fused-ring (bicyclic) bond motifs is 1. The topological polar surface area (TPSA) is 57.7 Å². The van der Waals surface area contributed by atoms with Crippen molar-refractivity contribution in [1.29, 1.82) is 0 Å². The smallest absolute Gasteiger partial charge is 0.461 e. The zero-order chi connectivity index (χ0) is 17.5. The molecule has 3 rings (SSSR count). The molecule has 1 aliphatic heterocycles. The number of carbonyl (C=O) groups excluding carboxylic acids is 1. The Morgan fingerprint density at radius 1 is 1.17 bits per heavy atom. The van der Waals surface area contributed by atoms with Gasteiger partial charge in [-0.2, -0.15) is 0 Å². The summed E-state index contributed by atoms with van der Waals surface area (Å²) < 4.78 is 17.4. The zero-order valence-corrected chi connectivity index (χ0v) is 14.8. The summed E-state index contributed by atoms with van der Waals surface area (Å²) in [6, 6.07) is 9.36. The van der Waals surface area contributed by atoms with Crippen LogP contribution in [0.5, 0.6) is 0 Å². The van der Waals surface area contributed by atoms with Crippen LogP contribution in [-0.2, 0) is 14.0 Å². The maximum Gasteiger partial charge on any atom is 0.495 e. The van der Waals surface area contributed by atoms with Crippen LogP contribution < -0.4 is 5.46 Å². The van der Waals surface area contributed by atoms with Crippen molar-refractivity contribution in [3.63, 3.8) is 0 Å². The highest BCUT2D eigenvalue weighted by molar-refractivity contribution is 6.65. The molecule has 1 aromatic carbocycles. The monoisotopic (exact) mass is 327 g/mol. The number of pyridine rings is 1. The maximum atomic E-state index is 12.1. The Kier molecular flexibility index (Phi) is 4.14. The third kappa shape index (κ3) is 2.80. The lowest BCUT2D eigenvalue weighted by molar-refractivity contribution is 0.00578. The van der Waals surface area contributed by atoms with Crippen LogP contribution in [-0.4, -0.2) is 35.9 Å². The number of aromatic nitrogens is 1. The van der Waals surface area contributed by atoms with Crippen molar-refractivity contribution in [2.24, 2.45) is 0 Å². The van der Waals surface area contributed by atoms with Crippen LogP contribution in [0.25, 0.3) is 10.9 Å². The largest absolute Gasteiger partial charge is 0.495 e. The molecule has 24 heavy (non-hydrogen) atoms. The van der Waals surface area contributed by atoms with Gasteiger partial charge in [-0.1, -0.05) is 18.2 Å². The summed E-state index contributed by atoms with van der Waals surface area (Å²) in [6.07, 6.45) is 0. The van der Waals surface area contributed by atoms with Gasteiger partial charge in [0.2, 0.25) is 0 Å². The van der Waals surface area contributed by atoms with E-state index in [4.69, 9.17) is 14.0 Å². The van der Waals surface area contributed by atoms with Crippen molar-refractivity contribution in [3.8, 4) is 0 Å². The summed E-state index contributed by atoms with van der Waals surface area (Å²) in [5.41, 5.74) is 0.869. The lowest BCUT2D eigenvalue weighted by Crippen LogP contribution is -2.41. The van der Waals surface area contributed by atoms with E-state index >= 15 is 0 Å². The Hall–Kier alpha value is -1.92. The van der Waals surface area contributed by atoms with Gasteiger partial charge < -0.3 is 14.0 Å². The van der Waals surface area contributed by atoms with Crippen molar-refractivity contribution in [3.05, 3.63) is 36.0 Å². The van der Waals surface area contributed by atoms with Gasteiger partial charge in [-0.05, 0) is 57.6 Å². The van der Waals surface area contributed by atoms with Crippen molar-refractivity contribution in [2.45, 2.75) is 45.8 Å². The van der Waals surface area contributed by atoms with Crippen LogP contribution in [0.2, 0.25) is 0 Å². The lowest BCUT2D eigenvalue weighted by Gasteiger charge is -2.32. The van der Waals surface area contributed by atoms with Gasteiger partial charge in [0.1, 0.15) is 5.69 Å². The Bertz CT molecular complexity index is 772. The second kappa shape index (κ2) is 5.86. The zero-order valence-electron chi connectivity index (χ0n) is 14.8. The fourth-order valence-corrected chi connectivity index (χ4v) is 2.68. The minimum Gasteiger partial charge on any atom is -0.461 e. The lowest BCUT2D eigenvalue weighted by atomic mass is 9.76. The molecular formula is C18H22BNO4. The molecule has 2 aromatic rings. The van der Waals surface area contributed by atoms with Crippen LogP contribution in [0, 0.1) is 0 Å². The van der Waals surface area contributed by atoms with Gasteiger partial charge in [0, 0.05) is 0 Å². The summed E-state index contributed by atoms with van der Waals surface area (Å²) in [5, 5.41) is 0.907. The molecule has 1 aliphatic rings. The summed E-state index contributed by atoms with van der Waals surface area (Å²) in [6.45, 7) is 10.1. The number of benzene rings is 1. The average Bonchev–Trinajstić information content (AvgIpc) is 2.74. The maximum absolute atomic E-state index is 12.1. The first-order valence-corrected chi connectivity index (χ1v) is 8.17. The molecule has 0 N–H and O–H groups in total. The van der Waals surface area contributed by atoms with Gasteiger partial charge in [0.15, 0.2) is 0 Å². The summed E-state index contributed by atoms with van der Waals surface area (Å²) >= 11 is 0. The SMILES string of the molecule is CCOC(=O)c1cc(B2OC(C)(C)C(C)(C)O2)c2ccccc2n1. The molecule has 2 heterocycles. The van der Waals surface area contributed by atoms with Crippen molar-refractivity contribution < 1.29 is 18.8 Å². The van der Waals surface area contributed by atoms with E-state index < -0.39 is 24.3 Å². The Balaban J connectivity index is 2.11. The molecule has 0 amide bonds. The van der Waals surface area contributed by atoms with E-state index in [0.29, 0.717) is 12.1 Å². The van der Waals surface area contributed by atoms with E-state index in [1.807, 2.05) is 52.0 Å². The van der Waals surface area contributed by atoms with Gasteiger partial charge in [0.25, 0.3) is 0 Å². The molecule has 0 saturated carbocycles. The van der Waals surface area contributed by atoms with Crippen LogP contribution in [0.3, 0.4) is 0 Å². The van der Waals surface area contributed by atoms with Crippen molar-refractivity contribution in [2.75, 3.05) is 6.61 Å². The van der Waals surface area contributed by atoms with Crippen LogP contribution in [0.1, 0.15) is 45.1 Å². The first-order valence-electron chi connectivity index (χ1n) is 8.17. The second-order valence-electron chi connectivity index (χ2n) is 6.92. The first kappa shape index (κ1) is 16.9. The average molecular weight is 327 g/mol. The molecule has 0 spiro atoms. The fraction of sp³-hybridized carbons (Fsp3) is 0.444. The molecular weight excluding hydrogens is 305 g/mol. The Morgan fingerprint density at radius 2 is 1.79 bits per heavy atom. The van der Waals surface area contributed by atoms with E-state index in [9.17, 15) is 4.79 Å². The van der Waals surface area contributed by atoms with E-state index in [2.05, 4.69) is 4.98 Å². The minimum atomic E-state index is -0.559. The third-order valence-corrected chi connectivity index (χ3v) is 4.74. The van der Waals surface area contributed by atoms with Gasteiger partial charge in [-0.15, -0.1) is 0 Å². The second-order valence-corrected chi connectivity index (χ2v) is 6.92. The van der Waals surface area contributed by atoms with Crippen LogP contribution in [0.15, 0.2) is 30.3 Å². The number of nitrogens with zero attached hydrogens (tertiary/aromatic N) is 1.